The van der Waals surface area contributed by atoms with E-state index >= 15 is 0 Å². The van der Waals surface area contributed by atoms with Crippen LogP contribution in [-0.4, -0.2) is 60.9 Å². The van der Waals surface area contributed by atoms with Gasteiger partial charge in [0.1, 0.15) is 5.82 Å². The minimum Gasteiger partial charge on any atom is -0.368 e. The van der Waals surface area contributed by atoms with E-state index in [2.05, 4.69) is 4.90 Å². The van der Waals surface area contributed by atoms with Crippen molar-refractivity contribution < 1.29 is 14.0 Å². The van der Waals surface area contributed by atoms with Gasteiger partial charge in [0.25, 0.3) is 5.91 Å². The maximum Gasteiger partial charge on any atom is 0.253 e. The summed E-state index contributed by atoms with van der Waals surface area (Å²) < 4.78 is 13.1. The van der Waals surface area contributed by atoms with Crippen LogP contribution >= 0.6 is 0 Å². The number of likely N-dealkylation sites (tertiary alicyclic amines) is 1. The highest BCUT2D eigenvalue weighted by Crippen LogP contribution is 2.23. The molecule has 2 heterocycles. The number of carbonyl (C=O) groups is 2. The standard InChI is InChI=1S/C24H28FN3O2/c1-18-4-6-19(7-5-18)23(29)28-12-2-3-20(17-28)24(30)27-15-13-26(14-16-27)22-10-8-21(25)9-11-22/h4-11,20H,2-3,12-17H2,1H3. The van der Waals surface area contributed by atoms with Crippen LogP contribution in [0.4, 0.5) is 10.1 Å². The van der Waals surface area contributed by atoms with E-state index in [1.165, 1.54) is 12.1 Å². The summed E-state index contributed by atoms with van der Waals surface area (Å²) in [4.78, 5) is 31.9. The van der Waals surface area contributed by atoms with Gasteiger partial charge in [0.2, 0.25) is 5.91 Å². The van der Waals surface area contributed by atoms with Crippen molar-refractivity contribution in [1.82, 2.24) is 9.80 Å². The van der Waals surface area contributed by atoms with Crippen molar-refractivity contribution in [1.29, 1.82) is 0 Å². The number of anilines is 1. The average Bonchev–Trinajstić information content (AvgIpc) is 2.79. The molecule has 5 nitrogen and oxygen atoms in total. The fraction of sp³-hybridized carbons (Fsp3) is 0.417. The lowest BCUT2D eigenvalue weighted by molar-refractivity contribution is -0.137. The van der Waals surface area contributed by atoms with Gasteiger partial charge in [0.05, 0.1) is 5.92 Å². The molecule has 0 aromatic heterocycles. The number of aryl methyl sites for hydroxylation is 1. The largest absolute Gasteiger partial charge is 0.368 e. The van der Waals surface area contributed by atoms with Crippen molar-refractivity contribution in [3.8, 4) is 0 Å². The molecule has 0 N–H and O–H groups in total. The van der Waals surface area contributed by atoms with Gasteiger partial charge in [-0.15, -0.1) is 0 Å². The van der Waals surface area contributed by atoms with Gasteiger partial charge in [0, 0.05) is 50.5 Å². The predicted molar refractivity (Wildman–Crippen MR) is 115 cm³/mol. The summed E-state index contributed by atoms with van der Waals surface area (Å²) in [6, 6.07) is 14.1. The number of piperidine rings is 1. The number of nitrogens with zero attached hydrogens (tertiary/aromatic N) is 3. The van der Waals surface area contributed by atoms with Crippen LogP contribution in [0.2, 0.25) is 0 Å². The SMILES string of the molecule is Cc1ccc(C(=O)N2CCCC(C(=O)N3CCN(c4ccc(F)cc4)CC3)C2)cc1. The maximum atomic E-state index is 13.1. The first-order valence-corrected chi connectivity index (χ1v) is 10.7. The lowest BCUT2D eigenvalue weighted by Gasteiger charge is -2.39. The molecule has 6 heteroatoms. The second-order valence-electron chi connectivity index (χ2n) is 8.25. The molecule has 2 aliphatic rings. The van der Waals surface area contributed by atoms with Gasteiger partial charge < -0.3 is 14.7 Å². The molecular weight excluding hydrogens is 381 g/mol. The fourth-order valence-corrected chi connectivity index (χ4v) is 4.34. The van der Waals surface area contributed by atoms with Gasteiger partial charge in [-0.3, -0.25) is 9.59 Å². The van der Waals surface area contributed by atoms with Crippen molar-refractivity contribution in [3.05, 3.63) is 65.5 Å². The second-order valence-corrected chi connectivity index (χ2v) is 8.25. The molecule has 0 saturated carbocycles. The third kappa shape index (κ3) is 4.48. The summed E-state index contributed by atoms with van der Waals surface area (Å²) in [5.41, 5.74) is 2.79. The van der Waals surface area contributed by atoms with E-state index in [1.54, 1.807) is 12.1 Å². The molecule has 2 fully saturated rings. The Labute approximate surface area is 177 Å². The Kier molecular flexibility index (Phi) is 6.02. The van der Waals surface area contributed by atoms with Crippen molar-refractivity contribution in [2.45, 2.75) is 19.8 Å². The Bertz CT molecular complexity index is 890. The van der Waals surface area contributed by atoms with Crippen LogP contribution in [0.3, 0.4) is 0 Å². The van der Waals surface area contributed by atoms with Gasteiger partial charge in [-0.05, 0) is 56.2 Å². The molecule has 0 radical (unpaired) electrons. The van der Waals surface area contributed by atoms with Crippen LogP contribution in [0, 0.1) is 18.7 Å². The third-order valence-corrected chi connectivity index (χ3v) is 6.14. The van der Waals surface area contributed by atoms with E-state index in [9.17, 15) is 14.0 Å². The number of amides is 2. The molecule has 2 aliphatic heterocycles. The van der Waals surface area contributed by atoms with E-state index in [-0.39, 0.29) is 23.5 Å². The molecule has 30 heavy (non-hydrogen) atoms. The summed E-state index contributed by atoms with van der Waals surface area (Å²) in [5, 5.41) is 0. The van der Waals surface area contributed by atoms with Gasteiger partial charge >= 0.3 is 0 Å². The van der Waals surface area contributed by atoms with Crippen molar-refractivity contribution in [3.63, 3.8) is 0 Å². The number of benzene rings is 2. The summed E-state index contributed by atoms with van der Waals surface area (Å²) in [5.74, 6) is -0.219. The van der Waals surface area contributed by atoms with Crippen LogP contribution in [0.5, 0.6) is 0 Å². The number of hydrogen-bond acceptors (Lipinski definition) is 3. The Morgan fingerprint density at radius 3 is 2.20 bits per heavy atom. The summed E-state index contributed by atoms with van der Waals surface area (Å²) >= 11 is 0. The van der Waals surface area contributed by atoms with Crippen molar-refractivity contribution >= 4 is 17.5 Å². The number of hydrogen-bond donors (Lipinski definition) is 0. The first-order chi connectivity index (χ1) is 14.5. The van der Waals surface area contributed by atoms with E-state index in [1.807, 2.05) is 41.0 Å². The van der Waals surface area contributed by atoms with Gasteiger partial charge in [-0.2, -0.15) is 0 Å². The molecule has 2 aromatic rings. The number of rotatable bonds is 3. The number of carbonyl (C=O) groups excluding carboxylic acids is 2. The van der Waals surface area contributed by atoms with Gasteiger partial charge in [0.15, 0.2) is 0 Å². The molecule has 1 unspecified atom stereocenters. The first kappa shape index (κ1) is 20.4. The molecule has 158 valence electrons. The molecule has 0 aliphatic carbocycles. The lowest BCUT2D eigenvalue weighted by Crippen LogP contribution is -2.53. The highest BCUT2D eigenvalue weighted by Gasteiger charge is 2.32. The molecular formula is C24H28FN3O2. The van der Waals surface area contributed by atoms with Gasteiger partial charge in [-0.25, -0.2) is 4.39 Å². The normalized spacial score (nSPS) is 19.7. The van der Waals surface area contributed by atoms with Crippen molar-refractivity contribution in [2.24, 2.45) is 5.92 Å². The molecule has 2 amide bonds. The quantitative estimate of drug-likeness (QED) is 0.781. The average molecular weight is 410 g/mol. The first-order valence-electron chi connectivity index (χ1n) is 10.7. The van der Waals surface area contributed by atoms with E-state index in [4.69, 9.17) is 0 Å². The Balaban J connectivity index is 1.34. The third-order valence-electron chi connectivity index (χ3n) is 6.14. The van der Waals surface area contributed by atoms with Crippen LogP contribution < -0.4 is 4.90 Å². The van der Waals surface area contributed by atoms with Crippen LogP contribution in [0.15, 0.2) is 48.5 Å². The van der Waals surface area contributed by atoms with Crippen LogP contribution in [0.1, 0.15) is 28.8 Å². The molecule has 4 rings (SSSR count). The molecule has 1 atom stereocenters. The van der Waals surface area contributed by atoms with E-state index in [0.29, 0.717) is 31.7 Å². The van der Waals surface area contributed by atoms with Crippen LogP contribution in [-0.2, 0) is 4.79 Å². The van der Waals surface area contributed by atoms with Crippen molar-refractivity contribution in [2.75, 3.05) is 44.2 Å². The summed E-state index contributed by atoms with van der Waals surface area (Å²) in [6.07, 6.45) is 1.68. The van der Waals surface area contributed by atoms with E-state index < -0.39 is 0 Å². The fourth-order valence-electron chi connectivity index (χ4n) is 4.34. The minimum atomic E-state index is -0.241. The smallest absolute Gasteiger partial charge is 0.253 e. The Hall–Kier alpha value is -2.89. The predicted octanol–water partition coefficient (Wildman–Crippen LogP) is 3.34. The highest BCUT2D eigenvalue weighted by atomic mass is 19.1. The zero-order chi connectivity index (χ0) is 21.1. The van der Waals surface area contributed by atoms with Gasteiger partial charge in [-0.1, -0.05) is 17.7 Å². The summed E-state index contributed by atoms with van der Waals surface area (Å²) in [6.45, 7) is 5.96. The molecule has 2 aromatic carbocycles. The number of piperazine rings is 1. The number of halogens is 1. The van der Waals surface area contributed by atoms with E-state index in [0.717, 1.165) is 37.2 Å². The zero-order valence-corrected chi connectivity index (χ0v) is 17.4. The minimum absolute atomic E-state index is 0.00799. The molecule has 2 saturated heterocycles. The zero-order valence-electron chi connectivity index (χ0n) is 17.4. The highest BCUT2D eigenvalue weighted by molar-refractivity contribution is 5.94. The Morgan fingerprint density at radius 1 is 0.867 bits per heavy atom. The monoisotopic (exact) mass is 409 g/mol. The molecule has 0 bridgehead atoms. The topological polar surface area (TPSA) is 43.9 Å². The van der Waals surface area contributed by atoms with Crippen LogP contribution in [0.25, 0.3) is 0 Å². The second kappa shape index (κ2) is 8.86. The maximum absolute atomic E-state index is 13.1. The lowest BCUT2D eigenvalue weighted by atomic mass is 9.95. The summed E-state index contributed by atoms with van der Waals surface area (Å²) in [7, 11) is 0. The molecule has 0 spiro atoms. The Morgan fingerprint density at radius 2 is 1.53 bits per heavy atom.